The number of rotatable bonds is 8. The molecular weight excluding hydrogens is 224 g/mol. The number of carbonyl (C=O) groups excluding carboxylic acids is 2. The molecule has 0 aromatic heterocycles. The molecule has 0 bridgehead atoms. The van der Waals surface area contributed by atoms with Crippen LogP contribution in [0.25, 0.3) is 0 Å². The summed E-state index contributed by atoms with van der Waals surface area (Å²) in [7, 11) is 0. The van der Waals surface area contributed by atoms with Crippen LogP contribution in [-0.2, 0) is 14.4 Å². The van der Waals surface area contributed by atoms with E-state index in [1.165, 1.54) is 0 Å². The molecule has 0 spiro atoms. The highest BCUT2D eigenvalue weighted by molar-refractivity contribution is 5.84. The number of nitrogens with two attached hydrogens (primary N) is 1. The number of carboxylic acids is 1. The number of hydrogen-bond donors (Lipinski definition) is 3. The third-order valence-electron chi connectivity index (χ3n) is 2.26. The predicted molar refractivity (Wildman–Crippen MR) is 62.1 cm³/mol. The van der Waals surface area contributed by atoms with Crippen molar-refractivity contribution in [1.82, 2.24) is 5.32 Å². The zero-order chi connectivity index (χ0) is 13.4. The van der Waals surface area contributed by atoms with Gasteiger partial charge in [-0.25, -0.2) is 4.79 Å². The monoisotopic (exact) mass is 244 g/mol. The first-order valence-corrected chi connectivity index (χ1v) is 5.63. The molecule has 6 nitrogen and oxygen atoms in total. The van der Waals surface area contributed by atoms with Crippen LogP contribution in [0.5, 0.6) is 0 Å². The van der Waals surface area contributed by atoms with Crippen LogP contribution in [0.4, 0.5) is 0 Å². The van der Waals surface area contributed by atoms with E-state index in [2.05, 4.69) is 5.32 Å². The van der Waals surface area contributed by atoms with Gasteiger partial charge in [-0.1, -0.05) is 13.8 Å². The van der Waals surface area contributed by atoms with Gasteiger partial charge in [0.05, 0.1) is 0 Å². The van der Waals surface area contributed by atoms with E-state index in [-0.39, 0.29) is 25.2 Å². The maximum atomic E-state index is 11.4. The largest absolute Gasteiger partial charge is 0.480 e. The van der Waals surface area contributed by atoms with Crippen molar-refractivity contribution >= 4 is 17.8 Å². The molecule has 0 saturated carbocycles. The second-order valence-corrected chi connectivity index (χ2v) is 4.40. The highest BCUT2D eigenvalue weighted by atomic mass is 16.4. The Balaban J connectivity index is 4.11. The van der Waals surface area contributed by atoms with E-state index in [0.717, 1.165) is 0 Å². The average Bonchev–Trinajstić information content (AvgIpc) is 2.20. The first-order chi connectivity index (χ1) is 7.82. The molecule has 0 radical (unpaired) electrons. The predicted octanol–water partition coefficient (Wildman–Crippen LogP) is 0.258. The molecule has 0 fully saturated rings. The smallest absolute Gasteiger partial charge is 0.326 e. The van der Waals surface area contributed by atoms with E-state index < -0.39 is 17.9 Å². The lowest BCUT2D eigenvalue weighted by atomic mass is 10.1. The SMILES string of the molecule is CC(C)CCC(=O)NC(CCC(N)=O)C(=O)O. The van der Waals surface area contributed by atoms with Gasteiger partial charge in [0.2, 0.25) is 11.8 Å². The van der Waals surface area contributed by atoms with E-state index in [0.29, 0.717) is 12.3 Å². The van der Waals surface area contributed by atoms with Crippen LogP contribution in [0.2, 0.25) is 0 Å². The Morgan fingerprint density at radius 2 is 1.76 bits per heavy atom. The minimum Gasteiger partial charge on any atom is -0.480 e. The van der Waals surface area contributed by atoms with Crippen molar-refractivity contribution in [3.05, 3.63) is 0 Å². The van der Waals surface area contributed by atoms with Crippen LogP contribution in [0.1, 0.15) is 39.5 Å². The van der Waals surface area contributed by atoms with Gasteiger partial charge in [0.1, 0.15) is 6.04 Å². The van der Waals surface area contributed by atoms with Gasteiger partial charge in [-0.05, 0) is 18.8 Å². The van der Waals surface area contributed by atoms with Gasteiger partial charge >= 0.3 is 5.97 Å². The summed E-state index contributed by atoms with van der Waals surface area (Å²) in [6, 6.07) is -1.04. The topological polar surface area (TPSA) is 109 Å². The zero-order valence-electron chi connectivity index (χ0n) is 10.2. The van der Waals surface area contributed by atoms with E-state index in [9.17, 15) is 14.4 Å². The summed E-state index contributed by atoms with van der Waals surface area (Å²) in [5.74, 6) is -1.65. The fourth-order valence-corrected chi connectivity index (χ4v) is 1.23. The average molecular weight is 244 g/mol. The van der Waals surface area contributed by atoms with E-state index >= 15 is 0 Å². The molecule has 17 heavy (non-hydrogen) atoms. The van der Waals surface area contributed by atoms with Crippen LogP contribution < -0.4 is 11.1 Å². The van der Waals surface area contributed by atoms with Crippen molar-refractivity contribution in [1.29, 1.82) is 0 Å². The zero-order valence-corrected chi connectivity index (χ0v) is 10.2. The molecule has 0 aliphatic rings. The lowest BCUT2D eigenvalue weighted by Gasteiger charge is -2.14. The van der Waals surface area contributed by atoms with Gasteiger partial charge in [-0.15, -0.1) is 0 Å². The summed E-state index contributed by atoms with van der Waals surface area (Å²) < 4.78 is 0. The van der Waals surface area contributed by atoms with Crippen LogP contribution in [0.3, 0.4) is 0 Å². The molecule has 1 atom stereocenters. The molecule has 2 amide bonds. The van der Waals surface area contributed by atoms with Crippen molar-refractivity contribution in [2.24, 2.45) is 11.7 Å². The molecule has 98 valence electrons. The summed E-state index contributed by atoms with van der Waals surface area (Å²) in [5.41, 5.74) is 4.93. The first-order valence-electron chi connectivity index (χ1n) is 5.63. The summed E-state index contributed by atoms with van der Waals surface area (Å²) >= 11 is 0. The third kappa shape index (κ3) is 8.24. The lowest BCUT2D eigenvalue weighted by Crippen LogP contribution is -2.41. The molecule has 1 unspecified atom stereocenters. The fraction of sp³-hybridized carbons (Fsp3) is 0.727. The summed E-state index contributed by atoms with van der Waals surface area (Å²) in [6.07, 6.45) is 0.964. The Morgan fingerprint density at radius 3 is 2.18 bits per heavy atom. The summed E-state index contributed by atoms with van der Waals surface area (Å²) in [4.78, 5) is 32.8. The van der Waals surface area contributed by atoms with Gasteiger partial charge in [0.25, 0.3) is 0 Å². The standard InChI is InChI=1S/C11H20N2O4/c1-7(2)3-6-10(15)13-8(11(16)17)4-5-9(12)14/h7-8H,3-6H2,1-2H3,(H2,12,14)(H,13,15)(H,16,17). The number of carbonyl (C=O) groups is 3. The minimum absolute atomic E-state index is 0.0259. The number of nitrogens with one attached hydrogen (secondary N) is 1. The highest BCUT2D eigenvalue weighted by Crippen LogP contribution is 2.04. The lowest BCUT2D eigenvalue weighted by molar-refractivity contribution is -0.142. The summed E-state index contributed by atoms with van der Waals surface area (Å²) in [5, 5.41) is 11.2. The van der Waals surface area contributed by atoms with Gasteiger partial charge in [-0.3, -0.25) is 9.59 Å². The van der Waals surface area contributed by atoms with Crippen molar-refractivity contribution in [2.75, 3.05) is 0 Å². The molecule has 0 aromatic carbocycles. The van der Waals surface area contributed by atoms with Crippen molar-refractivity contribution < 1.29 is 19.5 Å². The molecule has 6 heteroatoms. The Bertz CT molecular complexity index is 289. The quantitative estimate of drug-likeness (QED) is 0.568. The van der Waals surface area contributed by atoms with Gasteiger partial charge in [0.15, 0.2) is 0 Å². The first kappa shape index (κ1) is 15.4. The van der Waals surface area contributed by atoms with Crippen LogP contribution in [0.15, 0.2) is 0 Å². The van der Waals surface area contributed by atoms with Gasteiger partial charge in [-0.2, -0.15) is 0 Å². The Kier molecular flexibility index (Phi) is 6.93. The van der Waals surface area contributed by atoms with E-state index in [1.807, 2.05) is 13.8 Å². The third-order valence-corrected chi connectivity index (χ3v) is 2.26. The van der Waals surface area contributed by atoms with Crippen LogP contribution >= 0.6 is 0 Å². The summed E-state index contributed by atoms with van der Waals surface area (Å²) in [6.45, 7) is 3.96. The Labute approximate surface area is 101 Å². The number of carboxylic acid groups (broad SMARTS) is 1. The Hall–Kier alpha value is -1.59. The van der Waals surface area contributed by atoms with Crippen molar-refractivity contribution in [3.8, 4) is 0 Å². The molecule has 0 aliphatic carbocycles. The number of hydrogen-bond acceptors (Lipinski definition) is 3. The number of primary amides is 1. The van der Waals surface area contributed by atoms with Gasteiger partial charge in [0, 0.05) is 12.8 Å². The molecule has 0 heterocycles. The van der Waals surface area contributed by atoms with Crippen LogP contribution in [0, 0.1) is 5.92 Å². The molecular formula is C11H20N2O4. The molecule has 0 aliphatic heterocycles. The van der Waals surface area contributed by atoms with Gasteiger partial charge < -0.3 is 16.2 Å². The molecule has 0 aromatic rings. The van der Waals surface area contributed by atoms with Crippen LogP contribution in [-0.4, -0.2) is 28.9 Å². The molecule has 0 saturated heterocycles. The normalized spacial score (nSPS) is 12.2. The highest BCUT2D eigenvalue weighted by Gasteiger charge is 2.20. The molecule has 0 rings (SSSR count). The maximum Gasteiger partial charge on any atom is 0.326 e. The maximum absolute atomic E-state index is 11.4. The minimum atomic E-state index is -1.15. The second kappa shape index (κ2) is 7.65. The number of amides is 2. The number of aliphatic carboxylic acids is 1. The molecule has 4 N–H and O–H groups in total. The fourth-order valence-electron chi connectivity index (χ4n) is 1.23. The Morgan fingerprint density at radius 1 is 1.18 bits per heavy atom. The van der Waals surface area contributed by atoms with Crippen molar-refractivity contribution in [3.63, 3.8) is 0 Å². The van der Waals surface area contributed by atoms with E-state index in [4.69, 9.17) is 10.8 Å². The van der Waals surface area contributed by atoms with E-state index in [1.54, 1.807) is 0 Å². The second-order valence-electron chi connectivity index (χ2n) is 4.40. The van der Waals surface area contributed by atoms with Crippen molar-refractivity contribution in [2.45, 2.75) is 45.6 Å².